The lowest BCUT2D eigenvalue weighted by atomic mass is 9.81. The number of thioether (sulfide) groups is 1. The van der Waals surface area contributed by atoms with Gasteiger partial charge in [-0.1, -0.05) is 20.8 Å². The lowest BCUT2D eigenvalue weighted by molar-refractivity contribution is -0.122. The normalized spacial score (nSPS) is 23.5. The molecule has 1 aliphatic heterocycles. The molecule has 1 saturated heterocycles. The summed E-state index contributed by atoms with van der Waals surface area (Å²) in [6.45, 7) is 8.47. The van der Waals surface area contributed by atoms with E-state index in [1.807, 2.05) is 18.7 Å². The number of hydrogen-bond donors (Lipinski definition) is 0. The highest BCUT2D eigenvalue weighted by Crippen LogP contribution is 2.36. The minimum atomic E-state index is 0.0776. The highest BCUT2D eigenvalue weighted by molar-refractivity contribution is 7.99. The molecule has 0 unspecified atom stereocenters. The fraction of sp³-hybridized carbons (Fsp3) is 0.789. The third-order valence-electron chi connectivity index (χ3n) is 4.88. The summed E-state index contributed by atoms with van der Waals surface area (Å²) < 4.78 is 0. The largest absolute Gasteiger partial charge is 0.374 e. The molecule has 1 heterocycles. The molecular weight excluding hydrogens is 306 g/mol. The van der Waals surface area contributed by atoms with Gasteiger partial charge in [-0.3, -0.25) is 9.59 Å². The van der Waals surface area contributed by atoms with E-state index in [0.29, 0.717) is 29.6 Å². The van der Waals surface area contributed by atoms with Crippen molar-refractivity contribution in [3.8, 4) is 0 Å². The monoisotopic (exact) mass is 337 g/mol. The van der Waals surface area contributed by atoms with Crippen molar-refractivity contribution < 1.29 is 9.59 Å². The van der Waals surface area contributed by atoms with Crippen LogP contribution in [0.15, 0.2) is 11.3 Å². The molecule has 0 radical (unpaired) electrons. The summed E-state index contributed by atoms with van der Waals surface area (Å²) in [5, 5.41) is 0.588. The molecule has 0 amide bonds. The topological polar surface area (TPSA) is 37.4 Å². The summed E-state index contributed by atoms with van der Waals surface area (Å²) in [7, 11) is 0. The van der Waals surface area contributed by atoms with Crippen molar-refractivity contribution in [1.82, 2.24) is 4.90 Å². The van der Waals surface area contributed by atoms with Crippen molar-refractivity contribution in [3.63, 3.8) is 0 Å². The maximum absolute atomic E-state index is 12.7. The Morgan fingerprint density at radius 3 is 2.57 bits per heavy atom. The molecule has 2 rings (SSSR count). The molecule has 0 saturated carbocycles. The molecular formula is C19H31NO2S. The predicted molar refractivity (Wildman–Crippen MR) is 97.7 cm³/mol. The Bertz CT molecular complexity index is 466. The van der Waals surface area contributed by atoms with Gasteiger partial charge >= 0.3 is 0 Å². The highest BCUT2D eigenvalue weighted by Gasteiger charge is 2.34. The van der Waals surface area contributed by atoms with Crippen molar-refractivity contribution in [2.75, 3.05) is 18.8 Å². The van der Waals surface area contributed by atoms with Gasteiger partial charge in [0.1, 0.15) is 0 Å². The van der Waals surface area contributed by atoms with E-state index in [0.717, 1.165) is 43.8 Å². The Labute approximate surface area is 145 Å². The quantitative estimate of drug-likeness (QED) is 0.622. The number of ketones is 2. The van der Waals surface area contributed by atoms with E-state index in [1.54, 1.807) is 0 Å². The minimum absolute atomic E-state index is 0.0776. The molecule has 4 heteroatoms. The van der Waals surface area contributed by atoms with Crippen LogP contribution in [0.4, 0.5) is 0 Å². The molecule has 0 N–H and O–H groups in total. The van der Waals surface area contributed by atoms with Gasteiger partial charge < -0.3 is 4.90 Å². The third-order valence-corrected chi connectivity index (χ3v) is 5.98. The third kappa shape index (κ3) is 4.85. The van der Waals surface area contributed by atoms with Crippen molar-refractivity contribution in [2.24, 2.45) is 5.92 Å². The van der Waals surface area contributed by atoms with Crippen molar-refractivity contribution in [1.29, 1.82) is 0 Å². The Kier molecular flexibility index (Phi) is 7.19. The number of carbonyl (C=O) groups is 2. The molecule has 0 spiro atoms. The van der Waals surface area contributed by atoms with E-state index in [9.17, 15) is 9.59 Å². The zero-order valence-electron chi connectivity index (χ0n) is 14.9. The van der Waals surface area contributed by atoms with Gasteiger partial charge in [0.2, 0.25) is 0 Å². The number of likely N-dealkylation sites (tertiary alicyclic amines) is 1. The zero-order valence-corrected chi connectivity index (χ0v) is 15.7. The number of allylic oxidation sites excluding steroid dienone is 2. The molecule has 0 aromatic heterocycles. The van der Waals surface area contributed by atoms with Crippen molar-refractivity contribution >= 4 is 23.3 Å². The van der Waals surface area contributed by atoms with Crippen molar-refractivity contribution in [3.05, 3.63) is 11.3 Å². The predicted octanol–water partition coefficient (Wildman–Crippen LogP) is 4.22. The van der Waals surface area contributed by atoms with Crippen LogP contribution < -0.4 is 0 Å². The summed E-state index contributed by atoms with van der Waals surface area (Å²) in [6, 6.07) is 0. The zero-order chi connectivity index (χ0) is 16.8. The maximum Gasteiger partial charge on any atom is 0.168 e. The van der Waals surface area contributed by atoms with Crippen LogP contribution >= 0.6 is 11.8 Å². The molecule has 2 aliphatic rings. The van der Waals surface area contributed by atoms with Gasteiger partial charge in [0.15, 0.2) is 11.6 Å². The number of Topliss-reactive ketones (excluding diaryl/α,β-unsaturated/α-hetero) is 2. The molecule has 1 aliphatic carbocycles. The van der Waals surface area contributed by atoms with Crippen LogP contribution in [0.3, 0.4) is 0 Å². The van der Waals surface area contributed by atoms with Crippen LogP contribution in [0.2, 0.25) is 0 Å². The standard InChI is InChI=1S/C19H31NO2S/c1-4-8-17(21)19-16(20-9-6-7-10-20)12-15(13-18(19)22)11-14(3)23-5-2/h14-15H,4-13H2,1-3H3/t14-,15-/m0/s1. The smallest absolute Gasteiger partial charge is 0.168 e. The summed E-state index contributed by atoms with van der Waals surface area (Å²) in [4.78, 5) is 27.5. The Balaban J connectivity index is 2.19. The minimum Gasteiger partial charge on any atom is -0.374 e. The SMILES string of the molecule is CCCC(=O)C1=C(N2CCCC2)C[C@H](C[C@H](C)SCC)CC1=O. The Morgan fingerprint density at radius 1 is 1.26 bits per heavy atom. The van der Waals surface area contributed by atoms with E-state index in [4.69, 9.17) is 0 Å². The van der Waals surface area contributed by atoms with Gasteiger partial charge in [0.05, 0.1) is 5.57 Å². The molecule has 23 heavy (non-hydrogen) atoms. The van der Waals surface area contributed by atoms with Gasteiger partial charge in [0, 0.05) is 36.9 Å². The second kappa shape index (κ2) is 8.91. The first-order valence-corrected chi connectivity index (χ1v) is 10.3. The average molecular weight is 338 g/mol. The summed E-state index contributed by atoms with van der Waals surface area (Å²) in [5.74, 6) is 1.71. The van der Waals surface area contributed by atoms with Gasteiger partial charge in [-0.15, -0.1) is 0 Å². The van der Waals surface area contributed by atoms with Gasteiger partial charge in [0.25, 0.3) is 0 Å². The fourth-order valence-corrected chi connectivity index (χ4v) is 4.88. The highest BCUT2D eigenvalue weighted by atomic mass is 32.2. The summed E-state index contributed by atoms with van der Waals surface area (Å²) in [6.07, 6.45) is 6.25. The van der Waals surface area contributed by atoms with Gasteiger partial charge in [-0.25, -0.2) is 0 Å². The lowest BCUT2D eigenvalue weighted by Gasteiger charge is -2.33. The lowest BCUT2D eigenvalue weighted by Crippen LogP contribution is -2.33. The van der Waals surface area contributed by atoms with Crippen LogP contribution in [0.25, 0.3) is 0 Å². The van der Waals surface area contributed by atoms with E-state index >= 15 is 0 Å². The molecule has 0 aromatic carbocycles. The van der Waals surface area contributed by atoms with Gasteiger partial charge in [-0.2, -0.15) is 11.8 Å². The average Bonchev–Trinajstić information content (AvgIpc) is 3.01. The Hall–Kier alpha value is -0.770. The van der Waals surface area contributed by atoms with Crippen LogP contribution in [-0.2, 0) is 9.59 Å². The Morgan fingerprint density at radius 2 is 1.96 bits per heavy atom. The molecule has 0 aromatic rings. The summed E-state index contributed by atoms with van der Waals surface area (Å²) >= 11 is 1.97. The van der Waals surface area contributed by atoms with E-state index in [1.165, 1.54) is 12.8 Å². The second-order valence-corrected chi connectivity index (χ2v) is 8.60. The van der Waals surface area contributed by atoms with Gasteiger partial charge in [-0.05, 0) is 43.8 Å². The first kappa shape index (κ1) is 18.6. The maximum atomic E-state index is 12.7. The number of rotatable bonds is 8. The first-order valence-electron chi connectivity index (χ1n) is 9.22. The van der Waals surface area contributed by atoms with E-state index < -0.39 is 0 Å². The van der Waals surface area contributed by atoms with Crippen LogP contribution in [-0.4, -0.2) is 40.6 Å². The van der Waals surface area contributed by atoms with E-state index in [-0.39, 0.29) is 11.6 Å². The van der Waals surface area contributed by atoms with E-state index in [2.05, 4.69) is 18.7 Å². The van der Waals surface area contributed by atoms with Crippen LogP contribution in [0, 0.1) is 5.92 Å². The molecule has 3 nitrogen and oxygen atoms in total. The first-order chi connectivity index (χ1) is 11.1. The molecule has 130 valence electrons. The second-order valence-electron chi connectivity index (χ2n) is 6.89. The number of hydrogen-bond acceptors (Lipinski definition) is 4. The fourth-order valence-electron chi connectivity index (χ4n) is 3.90. The molecule has 0 bridgehead atoms. The summed E-state index contributed by atoms with van der Waals surface area (Å²) in [5.41, 5.74) is 1.64. The van der Waals surface area contributed by atoms with Crippen LogP contribution in [0.1, 0.15) is 65.7 Å². The number of nitrogens with zero attached hydrogens (tertiary/aromatic N) is 1. The van der Waals surface area contributed by atoms with Crippen molar-refractivity contribution in [2.45, 2.75) is 71.0 Å². The number of carbonyl (C=O) groups excluding carboxylic acids is 2. The van der Waals surface area contributed by atoms with Crippen LogP contribution in [0.5, 0.6) is 0 Å². The molecule has 1 fully saturated rings. The molecule has 2 atom stereocenters.